The first-order valence-electron chi connectivity index (χ1n) is 6.42. The van der Waals surface area contributed by atoms with E-state index in [1.807, 2.05) is 6.07 Å². The Hall–Kier alpha value is -1.30. The van der Waals surface area contributed by atoms with E-state index in [9.17, 15) is 19.0 Å². The van der Waals surface area contributed by atoms with Crippen molar-refractivity contribution in [3.63, 3.8) is 0 Å². The molecule has 0 aliphatic carbocycles. The lowest BCUT2D eigenvalue weighted by Crippen LogP contribution is -2.37. The first-order valence-corrected chi connectivity index (χ1v) is 7.22. The Morgan fingerprint density at radius 3 is 2.24 bits per heavy atom. The van der Waals surface area contributed by atoms with Crippen molar-refractivity contribution in [2.45, 2.75) is 11.8 Å². The molecule has 0 atom stereocenters. The van der Waals surface area contributed by atoms with Crippen LogP contribution in [-0.2, 0) is 11.8 Å². The van der Waals surface area contributed by atoms with E-state index < -0.39 is 17.0 Å². The summed E-state index contributed by atoms with van der Waals surface area (Å²) < 4.78 is 27.1. The highest BCUT2D eigenvalue weighted by atomic mass is 79.9. The molecular formula is C16H15BrF2O2. The first kappa shape index (κ1) is 16.1. The summed E-state index contributed by atoms with van der Waals surface area (Å²) in [4.78, 5) is 0. The van der Waals surface area contributed by atoms with Gasteiger partial charge in [-0.15, -0.1) is 0 Å². The topological polar surface area (TPSA) is 40.5 Å². The van der Waals surface area contributed by atoms with Gasteiger partial charge in [-0.2, -0.15) is 0 Å². The van der Waals surface area contributed by atoms with E-state index in [1.54, 1.807) is 18.2 Å². The zero-order chi connectivity index (χ0) is 15.5. The molecule has 0 saturated heterocycles. The Morgan fingerprint density at radius 2 is 1.67 bits per heavy atom. The van der Waals surface area contributed by atoms with Gasteiger partial charge in [-0.05, 0) is 41.8 Å². The standard InChI is InChI=1S/C16H15BrF2O2/c17-13-3-1-2-12(7-13)16(9-20,10-21)8-11-4-5-14(18)15(19)6-11/h1-7,20-21H,8-10H2. The molecular weight excluding hydrogens is 342 g/mol. The summed E-state index contributed by atoms with van der Waals surface area (Å²) in [5.74, 6) is -1.86. The van der Waals surface area contributed by atoms with Gasteiger partial charge in [0.05, 0.1) is 13.2 Å². The van der Waals surface area contributed by atoms with E-state index in [4.69, 9.17) is 0 Å². The van der Waals surface area contributed by atoms with Gasteiger partial charge in [-0.25, -0.2) is 8.78 Å². The van der Waals surface area contributed by atoms with Gasteiger partial charge in [0, 0.05) is 9.89 Å². The molecule has 0 aliphatic heterocycles. The highest BCUT2D eigenvalue weighted by Crippen LogP contribution is 2.30. The van der Waals surface area contributed by atoms with Gasteiger partial charge in [-0.1, -0.05) is 34.1 Å². The molecule has 0 radical (unpaired) electrons. The lowest BCUT2D eigenvalue weighted by molar-refractivity contribution is 0.116. The Morgan fingerprint density at radius 1 is 0.952 bits per heavy atom. The van der Waals surface area contributed by atoms with Crippen LogP contribution in [0.2, 0.25) is 0 Å². The smallest absolute Gasteiger partial charge is 0.159 e. The average molecular weight is 357 g/mol. The number of rotatable bonds is 5. The molecule has 2 N–H and O–H groups in total. The lowest BCUT2D eigenvalue weighted by atomic mass is 9.77. The van der Waals surface area contributed by atoms with Gasteiger partial charge in [0.15, 0.2) is 11.6 Å². The molecule has 5 heteroatoms. The van der Waals surface area contributed by atoms with Gasteiger partial charge in [0.1, 0.15) is 0 Å². The molecule has 0 saturated carbocycles. The predicted molar refractivity (Wildman–Crippen MR) is 80.1 cm³/mol. The minimum absolute atomic E-state index is 0.202. The van der Waals surface area contributed by atoms with Gasteiger partial charge in [-0.3, -0.25) is 0 Å². The second-order valence-electron chi connectivity index (χ2n) is 5.03. The molecule has 0 fully saturated rings. The van der Waals surface area contributed by atoms with Crippen molar-refractivity contribution < 1.29 is 19.0 Å². The third kappa shape index (κ3) is 3.48. The van der Waals surface area contributed by atoms with E-state index in [0.29, 0.717) is 5.56 Å². The fourth-order valence-corrected chi connectivity index (χ4v) is 2.70. The molecule has 2 aromatic rings. The molecule has 2 aromatic carbocycles. The fourth-order valence-electron chi connectivity index (χ4n) is 2.31. The summed E-state index contributed by atoms with van der Waals surface area (Å²) in [7, 11) is 0. The van der Waals surface area contributed by atoms with E-state index in [2.05, 4.69) is 15.9 Å². The first-order chi connectivity index (χ1) is 10.0. The molecule has 21 heavy (non-hydrogen) atoms. The summed E-state index contributed by atoms with van der Waals surface area (Å²) in [6.07, 6.45) is 0.202. The maximum Gasteiger partial charge on any atom is 0.159 e. The molecule has 0 bridgehead atoms. The second kappa shape index (κ2) is 6.64. The maximum absolute atomic E-state index is 13.3. The van der Waals surface area contributed by atoms with Crippen molar-refractivity contribution in [2.24, 2.45) is 0 Å². The third-order valence-electron chi connectivity index (χ3n) is 3.57. The molecule has 0 spiro atoms. The fraction of sp³-hybridized carbons (Fsp3) is 0.250. The van der Waals surface area contributed by atoms with Crippen LogP contribution in [0.1, 0.15) is 11.1 Å². The van der Waals surface area contributed by atoms with Crippen molar-refractivity contribution >= 4 is 15.9 Å². The van der Waals surface area contributed by atoms with Crippen LogP contribution in [0.5, 0.6) is 0 Å². The molecule has 2 nitrogen and oxygen atoms in total. The van der Waals surface area contributed by atoms with Crippen LogP contribution in [0.25, 0.3) is 0 Å². The molecule has 112 valence electrons. The Bertz CT molecular complexity index is 627. The van der Waals surface area contributed by atoms with Crippen LogP contribution in [-0.4, -0.2) is 23.4 Å². The van der Waals surface area contributed by atoms with Crippen molar-refractivity contribution in [1.29, 1.82) is 0 Å². The van der Waals surface area contributed by atoms with Crippen LogP contribution in [0.3, 0.4) is 0 Å². The monoisotopic (exact) mass is 356 g/mol. The summed E-state index contributed by atoms with van der Waals surface area (Å²) in [6.45, 7) is -0.613. The van der Waals surface area contributed by atoms with Gasteiger partial charge in [0.25, 0.3) is 0 Å². The largest absolute Gasteiger partial charge is 0.395 e. The number of aliphatic hydroxyl groups excluding tert-OH is 2. The Kier molecular flexibility index (Phi) is 5.08. The number of halogens is 3. The summed E-state index contributed by atoms with van der Waals surface area (Å²) in [5, 5.41) is 19.5. The van der Waals surface area contributed by atoms with E-state index in [1.165, 1.54) is 6.07 Å². The SMILES string of the molecule is OCC(CO)(Cc1ccc(F)c(F)c1)c1cccc(Br)c1. The summed E-state index contributed by atoms with van der Waals surface area (Å²) in [5.41, 5.74) is 0.289. The van der Waals surface area contributed by atoms with Crippen LogP contribution < -0.4 is 0 Å². The normalized spacial score (nSPS) is 11.7. The summed E-state index contributed by atoms with van der Waals surface area (Å²) >= 11 is 3.35. The van der Waals surface area contributed by atoms with Crippen LogP contribution in [0.4, 0.5) is 8.78 Å². The van der Waals surface area contributed by atoms with Crippen molar-refractivity contribution in [2.75, 3.05) is 13.2 Å². The molecule has 0 aliphatic rings. The molecule has 0 amide bonds. The van der Waals surface area contributed by atoms with Gasteiger partial charge in [0.2, 0.25) is 0 Å². The second-order valence-corrected chi connectivity index (χ2v) is 5.95. The third-order valence-corrected chi connectivity index (χ3v) is 4.06. The Labute approximate surface area is 130 Å². The zero-order valence-corrected chi connectivity index (χ0v) is 12.8. The molecule has 0 heterocycles. The van der Waals surface area contributed by atoms with Crippen molar-refractivity contribution in [3.05, 3.63) is 69.7 Å². The van der Waals surface area contributed by atoms with Gasteiger partial charge < -0.3 is 10.2 Å². The molecule has 2 rings (SSSR count). The average Bonchev–Trinajstić information content (AvgIpc) is 2.48. The minimum atomic E-state index is -0.950. The van der Waals surface area contributed by atoms with Crippen LogP contribution in [0, 0.1) is 11.6 Å². The van der Waals surface area contributed by atoms with Crippen molar-refractivity contribution in [3.8, 4) is 0 Å². The minimum Gasteiger partial charge on any atom is -0.395 e. The highest BCUT2D eigenvalue weighted by molar-refractivity contribution is 9.10. The highest BCUT2D eigenvalue weighted by Gasteiger charge is 2.31. The van der Waals surface area contributed by atoms with E-state index in [0.717, 1.165) is 22.2 Å². The predicted octanol–water partition coefficient (Wildman–Crippen LogP) is 3.19. The van der Waals surface area contributed by atoms with Crippen LogP contribution >= 0.6 is 15.9 Å². The van der Waals surface area contributed by atoms with Crippen LogP contribution in [0.15, 0.2) is 46.9 Å². The number of hydrogen-bond acceptors (Lipinski definition) is 2. The van der Waals surface area contributed by atoms with E-state index >= 15 is 0 Å². The quantitative estimate of drug-likeness (QED) is 0.863. The van der Waals surface area contributed by atoms with Crippen molar-refractivity contribution in [1.82, 2.24) is 0 Å². The summed E-state index contributed by atoms with van der Waals surface area (Å²) in [6, 6.07) is 10.8. The Balaban J connectivity index is 2.40. The molecule has 0 aromatic heterocycles. The van der Waals surface area contributed by atoms with Gasteiger partial charge >= 0.3 is 0 Å². The maximum atomic E-state index is 13.3. The zero-order valence-electron chi connectivity index (χ0n) is 11.2. The van der Waals surface area contributed by atoms with E-state index in [-0.39, 0.29) is 19.6 Å². The number of benzene rings is 2. The lowest BCUT2D eigenvalue weighted by Gasteiger charge is -2.31. The number of hydrogen-bond donors (Lipinski definition) is 2. The molecule has 0 unspecified atom stereocenters. The number of aliphatic hydroxyl groups is 2.